The number of allylic oxidation sites excluding steroid dienone is 1. The SMILES string of the molecule is CCOC(=O)C(/C=C/C(C)(C)C)NC(=O)c1ccc(COc2ccccc2)cc1. The van der Waals surface area contributed by atoms with Crippen LogP contribution in [0.1, 0.15) is 43.6 Å². The summed E-state index contributed by atoms with van der Waals surface area (Å²) in [6.07, 6.45) is 3.57. The molecule has 0 aliphatic heterocycles. The molecule has 154 valence electrons. The number of benzene rings is 2. The molecule has 0 bridgehead atoms. The Hall–Kier alpha value is -3.08. The van der Waals surface area contributed by atoms with E-state index in [2.05, 4.69) is 5.32 Å². The number of rotatable bonds is 8. The Kier molecular flexibility index (Phi) is 8.01. The van der Waals surface area contributed by atoms with Crippen molar-refractivity contribution >= 4 is 11.9 Å². The number of hydrogen-bond donors (Lipinski definition) is 1. The molecule has 0 fully saturated rings. The molecule has 2 aromatic carbocycles. The fraction of sp³-hybridized carbons (Fsp3) is 0.333. The van der Waals surface area contributed by atoms with E-state index in [0.29, 0.717) is 12.2 Å². The molecule has 0 heterocycles. The maximum Gasteiger partial charge on any atom is 0.332 e. The first-order chi connectivity index (χ1) is 13.8. The number of carbonyl (C=O) groups is 2. The zero-order chi connectivity index (χ0) is 21.3. The molecule has 1 unspecified atom stereocenters. The summed E-state index contributed by atoms with van der Waals surface area (Å²) >= 11 is 0. The van der Waals surface area contributed by atoms with Crippen LogP contribution >= 0.6 is 0 Å². The van der Waals surface area contributed by atoms with E-state index in [1.54, 1.807) is 25.1 Å². The molecule has 0 saturated heterocycles. The van der Waals surface area contributed by atoms with Crippen molar-refractivity contribution in [3.63, 3.8) is 0 Å². The Morgan fingerprint density at radius 3 is 2.28 bits per heavy atom. The van der Waals surface area contributed by atoms with E-state index < -0.39 is 12.0 Å². The Bertz CT molecular complexity index is 820. The second-order valence-corrected chi connectivity index (χ2v) is 7.73. The van der Waals surface area contributed by atoms with Gasteiger partial charge in [0, 0.05) is 5.56 Å². The van der Waals surface area contributed by atoms with Gasteiger partial charge in [0.25, 0.3) is 5.91 Å². The fourth-order valence-electron chi connectivity index (χ4n) is 2.46. The van der Waals surface area contributed by atoms with Crippen molar-refractivity contribution in [2.24, 2.45) is 5.41 Å². The van der Waals surface area contributed by atoms with Crippen LogP contribution in [0.3, 0.4) is 0 Å². The molecule has 1 amide bonds. The van der Waals surface area contributed by atoms with Gasteiger partial charge in [0.2, 0.25) is 0 Å². The predicted octanol–water partition coefficient (Wildman–Crippen LogP) is 4.53. The molecule has 1 atom stereocenters. The highest BCUT2D eigenvalue weighted by Gasteiger charge is 2.21. The molecule has 2 aromatic rings. The lowest BCUT2D eigenvalue weighted by molar-refractivity contribution is -0.144. The topological polar surface area (TPSA) is 64.6 Å². The minimum absolute atomic E-state index is 0.115. The molecule has 0 spiro atoms. The first kappa shape index (κ1) is 22.2. The number of nitrogens with one attached hydrogen (secondary N) is 1. The van der Waals surface area contributed by atoms with Crippen LogP contribution in [0, 0.1) is 5.41 Å². The normalized spacial score (nSPS) is 12.4. The molecule has 0 aliphatic rings. The quantitative estimate of drug-likeness (QED) is 0.527. The first-order valence-corrected chi connectivity index (χ1v) is 9.72. The highest BCUT2D eigenvalue weighted by atomic mass is 16.5. The van der Waals surface area contributed by atoms with Gasteiger partial charge in [-0.15, -0.1) is 0 Å². The van der Waals surface area contributed by atoms with E-state index in [4.69, 9.17) is 9.47 Å². The zero-order valence-electron chi connectivity index (χ0n) is 17.5. The first-order valence-electron chi connectivity index (χ1n) is 9.72. The van der Waals surface area contributed by atoms with E-state index >= 15 is 0 Å². The van der Waals surface area contributed by atoms with Crippen molar-refractivity contribution in [1.29, 1.82) is 0 Å². The Morgan fingerprint density at radius 2 is 1.69 bits per heavy atom. The third-order valence-electron chi connectivity index (χ3n) is 3.98. The lowest BCUT2D eigenvalue weighted by Gasteiger charge is -2.17. The zero-order valence-corrected chi connectivity index (χ0v) is 17.5. The van der Waals surface area contributed by atoms with Gasteiger partial charge in [-0.2, -0.15) is 0 Å². The smallest absolute Gasteiger partial charge is 0.332 e. The number of ether oxygens (including phenoxy) is 2. The van der Waals surface area contributed by atoms with Crippen LogP contribution in [0.2, 0.25) is 0 Å². The maximum absolute atomic E-state index is 12.6. The van der Waals surface area contributed by atoms with Crippen LogP contribution in [0.15, 0.2) is 66.7 Å². The van der Waals surface area contributed by atoms with Crippen LogP contribution in [0.25, 0.3) is 0 Å². The molecule has 0 aliphatic carbocycles. The predicted molar refractivity (Wildman–Crippen MR) is 114 cm³/mol. The summed E-state index contributed by atoms with van der Waals surface area (Å²) < 4.78 is 10.8. The van der Waals surface area contributed by atoms with Crippen LogP contribution in [0.5, 0.6) is 5.75 Å². The Morgan fingerprint density at radius 1 is 1.03 bits per heavy atom. The minimum atomic E-state index is -0.831. The maximum atomic E-state index is 12.6. The summed E-state index contributed by atoms with van der Waals surface area (Å²) in [5.41, 5.74) is 1.29. The van der Waals surface area contributed by atoms with E-state index in [0.717, 1.165) is 11.3 Å². The lowest BCUT2D eigenvalue weighted by atomic mass is 9.95. The summed E-state index contributed by atoms with van der Waals surface area (Å²) in [6, 6.07) is 15.8. The average Bonchev–Trinajstić information content (AvgIpc) is 2.70. The average molecular weight is 395 g/mol. The van der Waals surface area contributed by atoms with Gasteiger partial charge >= 0.3 is 5.97 Å². The Labute approximate surface area is 172 Å². The number of esters is 1. The largest absolute Gasteiger partial charge is 0.489 e. The summed E-state index contributed by atoms with van der Waals surface area (Å²) in [5.74, 6) is -0.0244. The van der Waals surface area contributed by atoms with Gasteiger partial charge in [-0.3, -0.25) is 4.79 Å². The van der Waals surface area contributed by atoms with E-state index in [-0.39, 0.29) is 17.9 Å². The highest BCUT2D eigenvalue weighted by Crippen LogP contribution is 2.16. The summed E-state index contributed by atoms with van der Waals surface area (Å²) in [6.45, 7) is 8.45. The molecule has 0 radical (unpaired) electrons. The number of amides is 1. The van der Waals surface area contributed by atoms with Gasteiger partial charge in [0.05, 0.1) is 6.61 Å². The second-order valence-electron chi connectivity index (χ2n) is 7.73. The molecule has 2 rings (SSSR count). The second kappa shape index (κ2) is 10.5. The minimum Gasteiger partial charge on any atom is -0.489 e. The number of hydrogen-bond acceptors (Lipinski definition) is 4. The standard InChI is InChI=1S/C24H29NO4/c1-5-28-23(27)21(15-16-24(2,3)4)25-22(26)19-13-11-18(12-14-19)17-29-20-9-7-6-8-10-20/h6-16,21H,5,17H2,1-4H3,(H,25,26)/b16-15+. The van der Waals surface area contributed by atoms with Gasteiger partial charge in [-0.25, -0.2) is 4.79 Å². The lowest BCUT2D eigenvalue weighted by Crippen LogP contribution is -2.40. The van der Waals surface area contributed by atoms with Crippen molar-refractivity contribution in [3.05, 3.63) is 77.9 Å². The van der Waals surface area contributed by atoms with Crippen LogP contribution in [0.4, 0.5) is 0 Å². The molecular weight excluding hydrogens is 366 g/mol. The third-order valence-corrected chi connectivity index (χ3v) is 3.98. The molecule has 0 aromatic heterocycles. The van der Waals surface area contributed by atoms with Crippen molar-refractivity contribution in [3.8, 4) is 5.75 Å². The molecule has 5 nitrogen and oxygen atoms in total. The summed E-state index contributed by atoms with van der Waals surface area (Å²) in [7, 11) is 0. The summed E-state index contributed by atoms with van der Waals surface area (Å²) in [5, 5.41) is 2.74. The van der Waals surface area contributed by atoms with Crippen LogP contribution in [-0.4, -0.2) is 24.5 Å². The molecule has 1 N–H and O–H groups in total. The van der Waals surface area contributed by atoms with Gasteiger partial charge < -0.3 is 14.8 Å². The van der Waals surface area contributed by atoms with Crippen LogP contribution in [-0.2, 0) is 16.1 Å². The van der Waals surface area contributed by atoms with Crippen molar-refractivity contribution in [1.82, 2.24) is 5.32 Å². The van der Waals surface area contributed by atoms with Gasteiger partial charge in [0.15, 0.2) is 0 Å². The highest BCUT2D eigenvalue weighted by molar-refractivity contribution is 5.97. The Balaban J connectivity index is 2.01. The summed E-state index contributed by atoms with van der Waals surface area (Å²) in [4.78, 5) is 24.8. The number of carbonyl (C=O) groups excluding carboxylic acids is 2. The van der Waals surface area contributed by atoms with Gasteiger partial charge in [-0.1, -0.05) is 63.3 Å². The molecule has 5 heteroatoms. The van der Waals surface area contributed by atoms with Crippen molar-refractivity contribution in [2.45, 2.75) is 40.3 Å². The fourth-order valence-corrected chi connectivity index (χ4v) is 2.46. The van der Waals surface area contributed by atoms with Crippen LogP contribution < -0.4 is 10.1 Å². The van der Waals surface area contributed by atoms with Crippen molar-refractivity contribution in [2.75, 3.05) is 6.61 Å². The van der Waals surface area contributed by atoms with Gasteiger partial charge in [-0.05, 0) is 42.2 Å². The van der Waals surface area contributed by atoms with E-state index in [1.165, 1.54) is 0 Å². The third kappa shape index (κ3) is 7.82. The number of para-hydroxylation sites is 1. The molecule has 0 saturated carbocycles. The van der Waals surface area contributed by atoms with E-state index in [1.807, 2.05) is 69.3 Å². The monoisotopic (exact) mass is 395 g/mol. The molecule has 29 heavy (non-hydrogen) atoms. The van der Waals surface area contributed by atoms with E-state index in [9.17, 15) is 9.59 Å². The van der Waals surface area contributed by atoms with Crippen molar-refractivity contribution < 1.29 is 19.1 Å². The van der Waals surface area contributed by atoms with Gasteiger partial charge in [0.1, 0.15) is 18.4 Å². The molecular formula is C24H29NO4.